The second-order valence-corrected chi connectivity index (χ2v) is 5.82. The molecule has 0 saturated carbocycles. The Morgan fingerprint density at radius 1 is 1.30 bits per heavy atom. The van der Waals surface area contributed by atoms with Gasteiger partial charge in [-0.05, 0) is 26.0 Å². The first-order valence-electron chi connectivity index (χ1n) is 6.64. The summed E-state index contributed by atoms with van der Waals surface area (Å²) in [5.41, 5.74) is 0.429. The number of ether oxygens (including phenoxy) is 1. The lowest BCUT2D eigenvalue weighted by Gasteiger charge is -2.28. The van der Waals surface area contributed by atoms with Crippen molar-refractivity contribution >= 4 is 29.1 Å². The van der Waals surface area contributed by atoms with Crippen molar-refractivity contribution in [2.24, 2.45) is 0 Å². The minimum atomic E-state index is -0.0912. The van der Waals surface area contributed by atoms with E-state index >= 15 is 0 Å². The molecule has 4 nitrogen and oxygen atoms in total. The zero-order valence-electron chi connectivity index (χ0n) is 11.6. The summed E-state index contributed by atoms with van der Waals surface area (Å²) in [7, 11) is 0. The molecular weight excluding hydrogens is 299 g/mol. The van der Waals surface area contributed by atoms with Gasteiger partial charge < -0.3 is 15.0 Å². The third kappa shape index (κ3) is 3.57. The lowest BCUT2D eigenvalue weighted by atomic mass is 10.1. The predicted octanol–water partition coefficient (Wildman–Crippen LogP) is 2.83. The molecule has 1 N–H and O–H groups in total. The van der Waals surface area contributed by atoms with E-state index in [0.717, 1.165) is 13.1 Å². The van der Waals surface area contributed by atoms with Crippen LogP contribution in [0.5, 0.6) is 5.75 Å². The van der Waals surface area contributed by atoms with Gasteiger partial charge >= 0.3 is 0 Å². The number of hydrogen-bond donors (Lipinski definition) is 1. The molecule has 6 heteroatoms. The topological polar surface area (TPSA) is 41.6 Å². The van der Waals surface area contributed by atoms with Gasteiger partial charge in [0.25, 0.3) is 5.91 Å². The Morgan fingerprint density at radius 3 is 2.55 bits per heavy atom. The number of nitrogens with zero attached hydrogens (tertiary/aromatic N) is 1. The van der Waals surface area contributed by atoms with E-state index in [2.05, 4.69) is 5.32 Å². The Hall–Kier alpha value is -0.970. The molecule has 1 aliphatic rings. The SMILES string of the molecule is CC(C)Oc1c(Cl)cc(Cl)cc1C(=O)N1CCNCC1. The summed E-state index contributed by atoms with van der Waals surface area (Å²) in [4.78, 5) is 14.4. The highest BCUT2D eigenvalue weighted by atomic mass is 35.5. The quantitative estimate of drug-likeness (QED) is 0.932. The van der Waals surface area contributed by atoms with Crippen molar-refractivity contribution in [2.45, 2.75) is 20.0 Å². The zero-order chi connectivity index (χ0) is 14.7. The highest BCUT2D eigenvalue weighted by molar-refractivity contribution is 6.36. The number of carbonyl (C=O) groups is 1. The van der Waals surface area contributed by atoms with Crippen LogP contribution in [0.3, 0.4) is 0 Å². The van der Waals surface area contributed by atoms with Crippen LogP contribution in [-0.2, 0) is 0 Å². The van der Waals surface area contributed by atoms with Crippen LogP contribution in [0.25, 0.3) is 0 Å². The van der Waals surface area contributed by atoms with E-state index in [1.165, 1.54) is 0 Å². The summed E-state index contributed by atoms with van der Waals surface area (Å²) in [6.45, 7) is 6.71. The van der Waals surface area contributed by atoms with Crippen LogP contribution in [0.2, 0.25) is 10.0 Å². The van der Waals surface area contributed by atoms with Crippen LogP contribution in [0.4, 0.5) is 0 Å². The van der Waals surface area contributed by atoms with E-state index in [4.69, 9.17) is 27.9 Å². The molecule has 1 aromatic rings. The average molecular weight is 317 g/mol. The van der Waals surface area contributed by atoms with Crippen molar-refractivity contribution in [1.29, 1.82) is 0 Å². The van der Waals surface area contributed by atoms with Gasteiger partial charge in [-0.3, -0.25) is 4.79 Å². The van der Waals surface area contributed by atoms with Gasteiger partial charge in [0.05, 0.1) is 16.7 Å². The fourth-order valence-corrected chi connectivity index (χ4v) is 2.65. The summed E-state index contributed by atoms with van der Waals surface area (Å²) in [5.74, 6) is 0.321. The van der Waals surface area contributed by atoms with Gasteiger partial charge in [-0.2, -0.15) is 0 Å². The van der Waals surface area contributed by atoms with Gasteiger partial charge in [0.2, 0.25) is 0 Å². The van der Waals surface area contributed by atoms with Crippen LogP contribution in [0, 0.1) is 0 Å². The summed E-state index contributed by atoms with van der Waals surface area (Å²) in [5, 5.41) is 4.01. The van der Waals surface area contributed by atoms with Gasteiger partial charge in [-0.15, -0.1) is 0 Å². The minimum Gasteiger partial charge on any atom is -0.489 e. The maximum Gasteiger partial charge on any atom is 0.257 e. The third-order valence-electron chi connectivity index (χ3n) is 3.00. The lowest BCUT2D eigenvalue weighted by Crippen LogP contribution is -2.46. The molecule has 0 bridgehead atoms. The minimum absolute atomic E-state index is 0.0664. The van der Waals surface area contributed by atoms with E-state index in [0.29, 0.717) is 34.4 Å². The summed E-state index contributed by atoms with van der Waals surface area (Å²) >= 11 is 12.2. The Bertz CT molecular complexity index is 500. The van der Waals surface area contributed by atoms with Crippen molar-refractivity contribution in [1.82, 2.24) is 10.2 Å². The van der Waals surface area contributed by atoms with Crippen molar-refractivity contribution in [3.63, 3.8) is 0 Å². The molecule has 20 heavy (non-hydrogen) atoms. The van der Waals surface area contributed by atoms with E-state index in [-0.39, 0.29) is 12.0 Å². The van der Waals surface area contributed by atoms with Crippen LogP contribution in [-0.4, -0.2) is 43.1 Å². The molecule has 0 radical (unpaired) electrons. The first kappa shape index (κ1) is 15.4. The van der Waals surface area contributed by atoms with Crippen LogP contribution in [0.1, 0.15) is 24.2 Å². The van der Waals surface area contributed by atoms with E-state index in [1.807, 2.05) is 13.8 Å². The van der Waals surface area contributed by atoms with Crippen molar-refractivity contribution < 1.29 is 9.53 Å². The molecule has 0 unspecified atom stereocenters. The molecule has 1 amide bonds. The third-order valence-corrected chi connectivity index (χ3v) is 3.50. The molecule has 2 rings (SSSR count). The highest BCUT2D eigenvalue weighted by Gasteiger charge is 2.24. The Morgan fingerprint density at radius 2 is 1.95 bits per heavy atom. The highest BCUT2D eigenvalue weighted by Crippen LogP contribution is 2.34. The maximum absolute atomic E-state index is 12.6. The average Bonchev–Trinajstić information content (AvgIpc) is 2.41. The molecule has 0 aromatic heterocycles. The van der Waals surface area contributed by atoms with Gasteiger partial charge in [-0.1, -0.05) is 23.2 Å². The lowest BCUT2D eigenvalue weighted by molar-refractivity contribution is 0.0729. The van der Waals surface area contributed by atoms with Crippen LogP contribution in [0.15, 0.2) is 12.1 Å². The normalized spacial score (nSPS) is 15.6. The molecule has 1 aliphatic heterocycles. The fourth-order valence-electron chi connectivity index (χ4n) is 2.11. The van der Waals surface area contributed by atoms with Gasteiger partial charge in [0.1, 0.15) is 0 Å². The fraction of sp³-hybridized carbons (Fsp3) is 0.500. The van der Waals surface area contributed by atoms with Gasteiger partial charge in [-0.25, -0.2) is 0 Å². The monoisotopic (exact) mass is 316 g/mol. The van der Waals surface area contributed by atoms with Crippen molar-refractivity contribution in [3.8, 4) is 5.75 Å². The Labute approximate surface area is 129 Å². The number of piperazine rings is 1. The second kappa shape index (κ2) is 6.66. The zero-order valence-corrected chi connectivity index (χ0v) is 13.1. The maximum atomic E-state index is 12.6. The van der Waals surface area contributed by atoms with E-state index < -0.39 is 0 Å². The number of benzene rings is 1. The Balaban J connectivity index is 2.35. The van der Waals surface area contributed by atoms with E-state index in [1.54, 1.807) is 17.0 Å². The Kier molecular flexibility index (Phi) is 5.13. The number of rotatable bonds is 3. The van der Waals surface area contributed by atoms with Crippen molar-refractivity contribution in [3.05, 3.63) is 27.7 Å². The van der Waals surface area contributed by atoms with E-state index in [9.17, 15) is 4.79 Å². The standard InChI is InChI=1S/C14H18Cl2N2O2/c1-9(2)20-13-11(7-10(15)8-12(13)16)14(19)18-5-3-17-4-6-18/h7-9,17H,3-6H2,1-2H3. The first-order valence-corrected chi connectivity index (χ1v) is 7.40. The largest absolute Gasteiger partial charge is 0.489 e. The molecule has 1 fully saturated rings. The number of amides is 1. The molecule has 1 aromatic carbocycles. The summed E-state index contributed by atoms with van der Waals surface area (Å²) in [6, 6.07) is 3.21. The van der Waals surface area contributed by atoms with Gasteiger partial charge in [0, 0.05) is 31.2 Å². The van der Waals surface area contributed by atoms with Crippen LogP contribution < -0.4 is 10.1 Å². The van der Waals surface area contributed by atoms with Crippen molar-refractivity contribution in [2.75, 3.05) is 26.2 Å². The number of nitrogens with one attached hydrogen (secondary N) is 1. The number of hydrogen-bond acceptors (Lipinski definition) is 3. The smallest absolute Gasteiger partial charge is 0.257 e. The molecule has 0 aliphatic carbocycles. The first-order chi connectivity index (χ1) is 9.49. The summed E-state index contributed by atoms with van der Waals surface area (Å²) < 4.78 is 5.69. The number of halogens is 2. The molecule has 0 spiro atoms. The molecule has 110 valence electrons. The predicted molar refractivity (Wildman–Crippen MR) is 81.0 cm³/mol. The van der Waals surface area contributed by atoms with Gasteiger partial charge in [0.15, 0.2) is 5.75 Å². The molecular formula is C14H18Cl2N2O2. The molecule has 1 heterocycles. The molecule has 0 atom stereocenters. The second-order valence-electron chi connectivity index (χ2n) is 4.97. The summed E-state index contributed by atoms with van der Waals surface area (Å²) in [6.07, 6.45) is -0.0664. The van der Waals surface area contributed by atoms with Crippen LogP contribution >= 0.6 is 23.2 Å². The number of carbonyl (C=O) groups excluding carboxylic acids is 1. The molecule has 1 saturated heterocycles.